The van der Waals surface area contributed by atoms with E-state index in [1.807, 2.05) is 4.90 Å². The maximum Gasteiger partial charge on any atom is 0.222 e. The number of rotatable bonds is 7. The summed E-state index contributed by atoms with van der Waals surface area (Å²) in [7, 11) is 1.74. The van der Waals surface area contributed by atoms with Gasteiger partial charge in [-0.15, -0.1) is 0 Å². The Morgan fingerprint density at radius 2 is 2.19 bits per heavy atom. The van der Waals surface area contributed by atoms with Crippen LogP contribution < -0.4 is 10.6 Å². The minimum absolute atomic E-state index is 0.0483. The number of hydrogen-bond donors (Lipinski definition) is 2. The Morgan fingerprint density at radius 3 is 2.73 bits per heavy atom. The largest absolute Gasteiger partial charge is 0.443 e. The van der Waals surface area contributed by atoms with Crippen molar-refractivity contribution < 1.29 is 9.21 Å². The summed E-state index contributed by atoms with van der Waals surface area (Å²) in [5.41, 5.74) is -0.0483. The molecule has 1 aromatic heterocycles. The quantitative estimate of drug-likeness (QED) is 0.574. The summed E-state index contributed by atoms with van der Waals surface area (Å²) < 4.78 is 5.78. The van der Waals surface area contributed by atoms with Gasteiger partial charge in [-0.3, -0.25) is 9.79 Å². The second-order valence-corrected chi connectivity index (χ2v) is 7.76. The van der Waals surface area contributed by atoms with Crippen LogP contribution in [-0.4, -0.2) is 47.9 Å². The van der Waals surface area contributed by atoms with Crippen LogP contribution in [0, 0.1) is 0 Å². The van der Waals surface area contributed by atoms with Crippen LogP contribution in [0.5, 0.6) is 0 Å². The van der Waals surface area contributed by atoms with Gasteiger partial charge in [0.25, 0.3) is 0 Å². The molecule has 26 heavy (non-hydrogen) atoms. The highest BCUT2D eigenvalue weighted by molar-refractivity contribution is 5.79. The molecule has 1 atom stereocenters. The van der Waals surface area contributed by atoms with E-state index < -0.39 is 0 Å². The number of nitrogens with one attached hydrogen (secondary N) is 2. The molecular formula is C19H33N5O2. The number of aliphatic imine (C=N–C) groups is 1. The van der Waals surface area contributed by atoms with Crippen LogP contribution in [0.3, 0.4) is 0 Å². The Labute approximate surface area is 156 Å². The van der Waals surface area contributed by atoms with Crippen molar-refractivity contribution in [3.63, 3.8) is 0 Å². The number of nitrogens with zero attached hydrogens (tertiary/aromatic N) is 3. The monoisotopic (exact) mass is 363 g/mol. The van der Waals surface area contributed by atoms with Crippen molar-refractivity contribution >= 4 is 11.9 Å². The molecule has 7 nitrogen and oxygen atoms in total. The highest BCUT2D eigenvalue weighted by atomic mass is 16.4. The van der Waals surface area contributed by atoms with Gasteiger partial charge in [0.15, 0.2) is 5.96 Å². The molecule has 1 aromatic rings. The molecule has 0 saturated carbocycles. The Balaban J connectivity index is 1.77. The third-order valence-corrected chi connectivity index (χ3v) is 4.72. The molecule has 146 valence electrons. The number of aromatic nitrogens is 1. The highest BCUT2D eigenvalue weighted by Crippen LogP contribution is 2.22. The molecule has 0 radical (unpaired) electrons. The summed E-state index contributed by atoms with van der Waals surface area (Å²) in [5, 5.41) is 6.53. The smallest absolute Gasteiger partial charge is 0.222 e. The summed E-state index contributed by atoms with van der Waals surface area (Å²) in [4.78, 5) is 22.5. The van der Waals surface area contributed by atoms with Crippen molar-refractivity contribution in [1.29, 1.82) is 0 Å². The first-order valence-corrected chi connectivity index (χ1v) is 9.54. The van der Waals surface area contributed by atoms with E-state index in [4.69, 9.17) is 4.42 Å². The number of oxazole rings is 1. The molecule has 0 aliphatic carbocycles. The third kappa shape index (κ3) is 5.47. The average molecular weight is 364 g/mol. The summed E-state index contributed by atoms with van der Waals surface area (Å²) in [6.07, 6.45) is 5.35. The molecule has 1 unspecified atom stereocenters. The number of guanidine groups is 1. The molecule has 0 aromatic carbocycles. The Kier molecular flexibility index (Phi) is 7.06. The fourth-order valence-corrected chi connectivity index (χ4v) is 3.11. The van der Waals surface area contributed by atoms with E-state index in [1.54, 1.807) is 13.2 Å². The SMILES string of the molecule is CCC(CCNC(=NC)NCc1ncc(C(C)(C)C)o1)N1CCCC1=O. The minimum atomic E-state index is -0.0483. The van der Waals surface area contributed by atoms with Gasteiger partial charge in [0.05, 0.1) is 12.7 Å². The molecule has 1 amide bonds. The van der Waals surface area contributed by atoms with Crippen molar-refractivity contribution in [2.45, 2.75) is 71.4 Å². The Bertz CT molecular complexity index is 618. The van der Waals surface area contributed by atoms with Gasteiger partial charge in [-0.1, -0.05) is 27.7 Å². The van der Waals surface area contributed by atoms with Gasteiger partial charge >= 0.3 is 0 Å². The average Bonchev–Trinajstić information content (AvgIpc) is 3.23. The van der Waals surface area contributed by atoms with E-state index >= 15 is 0 Å². The predicted molar refractivity (Wildman–Crippen MR) is 103 cm³/mol. The summed E-state index contributed by atoms with van der Waals surface area (Å²) in [6.45, 7) is 10.6. The van der Waals surface area contributed by atoms with Crippen LogP contribution in [-0.2, 0) is 16.8 Å². The maximum absolute atomic E-state index is 11.9. The van der Waals surface area contributed by atoms with Crippen LogP contribution in [0.2, 0.25) is 0 Å². The van der Waals surface area contributed by atoms with E-state index in [-0.39, 0.29) is 11.3 Å². The predicted octanol–water partition coefficient (Wildman–Crippen LogP) is 2.43. The van der Waals surface area contributed by atoms with Gasteiger partial charge in [-0.25, -0.2) is 4.98 Å². The molecular weight excluding hydrogens is 330 g/mol. The normalized spacial score (nSPS) is 16.9. The van der Waals surface area contributed by atoms with Crippen LogP contribution in [0.15, 0.2) is 15.6 Å². The first kappa shape index (κ1) is 20.3. The van der Waals surface area contributed by atoms with E-state index in [2.05, 4.69) is 48.3 Å². The van der Waals surface area contributed by atoms with Gasteiger partial charge < -0.3 is 20.0 Å². The summed E-state index contributed by atoms with van der Waals surface area (Å²) in [5.74, 6) is 2.52. The zero-order chi connectivity index (χ0) is 19.2. The second-order valence-electron chi connectivity index (χ2n) is 7.76. The lowest BCUT2D eigenvalue weighted by Crippen LogP contribution is -2.41. The molecule has 1 aliphatic heterocycles. The van der Waals surface area contributed by atoms with E-state index in [9.17, 15) is 4.79 Å². The molecule has 2 rings (SSSR count). The van der Waals surface area contributed by atoms with Crippen molar-refractivity contribution in [1.82, 2.24) is 20.5 Å². The second kappa shape index (κ2) is 9.05. The van der Waals surface area contributed by atoms with Gasteiger partial charge in [-0.05, 0) is 19.3 Å². The first-order valence-electron chi connectivity index (χ1n) is 9.54. The number of carbonyl (C=O) groups is 1. The Morgan fingerprint density at radius 1 is 1.42 bits per heavy atom. The number of hydrogen-bond acceptors (Lipinski definition) is 4. The van der Waals surface area contributed by atoms with Crippen molar-refractivity contribution in [2.24, 2.45) is 4.99 Å². The molecule has 2 N–H and O–H groups in total. The topological polar surface area (TPSA) is 82.8 Å². The minimum Gasteiger partial charge on any atom is -0.443 e. The molecule has 7 heteroatoms. The van der Waals surface area contributed by atoms with Crippen LogP contribution in [0.1, 0.15) is 65.0 Å². The molecule has 0 bridgehead atoms. The lowest BCUT2D eigenvalue weighted by atomic mass is 9.94. The van der Waals surface area contributed by atoms with Crippen LogP contribution in [0.4, 0.5) is 0 Å². The number of likely N-dealkylation sites (tertiary alicyclic amines) is 1. The number of amides is 1. The van der Waals surface area contributed by atoms with E-state index in [0.717, 1.165) is 38.1 Å². The molecule has 1 fully saturated rings. The standard InChI is InChI=1S/C19H33N5O2/c1-6-14(24-11-7-8-17(24)25)9-10-21-18(20-5)23-13-16-22-12-15(26-16)19(2,3)4/h12,14H,6-11,13H2,1-5H3,(H2,20,21,23). The van der Waals surface area contributed by atoms with Crippen LogP contribution in [0.25, 0.3) is 0 Å². The number of carbonyl (C=O) groups excluding carboxylic acids is 1. The summed E-state index contributed by atoms with van der Waals surface area (Å²) >= 11 is 0. The van der Waals surface area contributed by atoms with Crippen LogP contribution >= 0.6 is 0 Å². The molecule has 1 saturated heterocycles. The first-order chi connectivity index (χ1) is 12.3. The fraction of sp³-hybridized carbons (Fsp3) is 0.737. The molecule has 2 heterocycles. The molecule has 0 spiro atoms. The zero-order valence-electron chi connectivity index (χ0n) is 16.8. The highest BCUT2D eigenvalue weighted by Gasteiger charge is 2.26. The molecule has 1 aliphatic rings. The van der Waals surface area contributed by atoms with E-state index in [0.29, 0.717) is 30.9 Å². The van der Waals surface area contributed by atoms with Crippen molar-refractivity contribution in [3.05, 3.63) is 17.8 Å². The lowest BCUT2D eigenvalue weighted by Gasteiger charge is -2.27. The van der Waals surface area contributed by atoms with Gasteiger partial charge in [0.1, 0.15) is 5.76 Å². The van der Waals surface area contributed by atoms with E-state index in [1.165, 1.54) is 0 Å². The maximum atomic E-state index is 11.9. The Hall–Kier alpha value is -2.05. The van der Waals surface area contributed by atoms with Gasteiger partial charge in [-0.2, -0.15) is 0 Å². The summed E-state index contributed by atoms with van der Waals surface area (Å²) in [6, 6.07) is 0.302. The fourth-order valence-electron chi connectivity index (χ4n) is 3.11. The zero-order valence-corrected chi connectivity index (χ0v) is 16.8. The third-order valence-electron chi connectivity index (χ3n) is 4.72. The van der Waals surface area contributed by atoms with Crippen molar-refractivity contribution in [3.8, 4) is 0 Å². The van der Waals surface area contributed by atoms with Gasteiger partial charge in [0.2, 0.25) is 11.8 Å². The van der Waals surface area contributed by atoms with Gasteiger partial charge in [0, 0.05) is 38.0 Å². The lowest BCUT2D eigenvalue weighted by molar-refractivity contribution is -0.129. The van der Waals surface area contributed by atoms with Crippen molar-refractivity contribution in [2.75, 3.05) is 20.1 Å².